The summed E-state index contributed by atoms with van der Waals surface area (Å²) in [7, 11) is 0. The van der Waals surface area contributed by atoms with Crippen molar-refractivity contribution in [3.05, 3.63) is 42.3 Å². The molecular weight excluding hydrogens is 162 g/mol. The molecule has 3 nitrogen and oxygen atoms in total. The molecule has 0 aliphatic heterocycles. The molecule has 1 heterocycles. The molecule has 3 heteroatoms. The van der Waals surface area contributed by atoms with E-state index in [4.69, 9.17) is 0 Å². The van der Waals surface area contributed by atoms with Crippen LogP contribution in [0.2, 0.25) is 0 Å². The molecule has 2 rings (SSSR count). The summed E-state index contributed by atoms with van der Waals surface area (Å²) in [4.78, 5) is 0. The van der Waals surface area contributed by atoms with Crippen LogP contribution in [0.25, 0.3) is 5.70 Å². The Morgan fingerprint density at radius 1 is 1.38 bits per heavy atom. The van der Waals surface area contributed by atoms with Crippen LogP contribution in [-0.4, -0.2) is 15.0 Å². The summed E-state index contributed by atoms with van der Waals surface area (Å²) < 4.78 is 1.76. The zero-order chi connectivity index (χ0) is 9.10. The molecule has 1 aliphatic carbocycles. The molecule has 0 fully saturated rings. The molecule has 1 aromatic heterocycles. The van der Waals surface area contributed by atoms with E-state index in [-0.39, 0.29) is 0 Å². The van der Waals surface area contributed by atoms with Crippen molar-refractivity contribution < 1.29 is 0 Å². The van der Waals surface area contributed by atoms with Crippen molar-refractivity contribution in [2.75, 3.05) is 0 Å². The van der Waals surface area contributed by atoms with E-state index < -0.39 is 0 Å². The zero-order valence-corrected chi connectivity index (χ0v) is 7.51. The SMILES string of the molecule is CC1=CC=C(n2ccnn2)C=CC1. The molecular formula is C10H11N3. The first-order chi connectivity index (χ1) is 6.36. The van der Waals surface area contributed by atoms with Gasteiger partial charge in [-0.2, -0.15) is 0 Å². The second kappa shape index (κ2) is 3.39. The molecule has 0 amide bonds. The largest absolute Gasteiger partial charge is 0.221 e. The summed E-state index contributed by atoms with van der Waals surface area (Å²) in [5.41, 5.74) is 2.40. The normalized spacial score (nSPS) is 16.4. The second-order valence-electron chi connectivity index (χ2n) is 3.06. The molecule has 1 aliphatic rings. The summed E-state index contributed by atoms with van der Waals surface area (Å²) in [5, 5.41) is 7.69. The molecule has 0 saturated heterocycles. The van der Waals surface area contributed by atoms with Gasteiger partial charge in [0.15, 0.2) is 0 Å². The first kappa shape index (κ1) is 7.98. The van der Waals surface area contributed by atoms with E-state index in [1.165, 1.54) is 5.57 Å². The lowest BCUT2D eigenvalue weighted by molar-refractivity contribution is 0.824. The highest BCUT2D eigenvalue weighted by molar-refractivity contribution is 5.59. The van der Waals surface area contributed by atoms with Crippen molar-refractivity contribution in [3.63, 3.8) is 0 Å². The van der Waals surface area contributed by atoms with Gasteiger partial charge in [-0.05, 0) is 25.5 Å². The summed E-state index contributed by atoms with van der Waals surface area (Å²) in [6, 6.07) is 0. The molecule has 0 bridgehead atoms. The quantitative estimate of drug-likeness (QED) is 0.650. The van der Waals surface area contributed by atoms with Crippen LogP contribution < -0.4 is 0 Å². The Labute approximate surface area is 77.1 Å². The fourth-order valence-corrected chi connectivity index (χ4v) is 1.22. The summed E-state index contributed by atoms with van der Waals surface area (Å²) in [5.74, 6) is 0. The molecule has 0 saturated carbocycles. The Kier molecular flexibility index (Phi) is 2.08. The molecule has 66 valence electrons. The number of allylic oxidation sites excluding steroid dienone is 6. The van der Waals surface area contributed by atoms with Gasteiger partial charge in [0.05, 0.1) is 18.1 Å². The van der Waals surface area contributed by atoms with Crippen LogP contribution in [0.1, 0.15) is 13.3 Å². The minimum Gasteiger partial charge on any atom is -0.221 e. The Bertz CT molecular complexity index is 369. The standard InChI is InChI=1S/C10H11N3/c1-9-3-2-4-10(6-5-9)13-8-7-11-12-13/h2,4-8H,3H2,1H3. The van der Waals surface area contributed by atoms with Crippen molar-refractivity contribution >= 4 is 5.70 Å². The molecule has 0 aromatic carbocycles. The van der Waals surface area contributed by atoms with Gasteiger partial charge in [0.1, 0.15) is 0 Å². The molecule has 0 radical (unpaired) electrons. The first-order valence-electron chi connectivity index (χ1n) is 4.27. The minimum absolute atomic E-state index is 1.01. The maximum Gasteiger partial charge on any atom is 0.0697 e. The van der Waals surface area contributed by atoms with Gasteiger partial charge >= 0.3 is 0 Å². The van der Waals surface area contributed by atoms with E-state index in [0.717, 1.165) is 12.1 Å². The summed E-state index contributed by atoms with van der Waals surface area (Å²) in [6.07, 6.45) is 12.9. The third-order valence-electron chi connectivity index (χ3n) is 1.95. The van der Waals surface area contributed by atoms with Gasteiger partial charge in [0.25, 0.3) is 0 Å². The van der Waals surface area contributed by atoms with Crippen molar-refractivity contribution in [1.29, 1.82) is 0 Å². The Morgan fingerprint density at radius 2 is 2.31 bits per heavy atom. The molecule has 0 atom stereocenters. The van der Waals surface area contributed by atoms with Crippen molar-refractivity contribution in [2.45, 2.75) is 13.3 Å². The van der Waals surface area contributed by atoms with Gasteiger partial charge in [-0.3, -0.25) is 0 Å². The zero-order valence-electron chi connectivity index (χ0n) is 7.51. The van der Waals surface area contributed by atoms with Crippen LogP contribution >= 0.6 is 0 Å². The monoisotopic (exact) mass is 173 g/mol. The number of nitrogens with zero attached hydrogens (tertiary/aromatic N) is 3. The lowest BCUT2D eigenvalue weighted by atomic mass is 10.2. The van der Waals surface area contributed by atoms with Gasteiger partial charge in [0, 0.05) is 0 Å². The first-order valence-corrected chi connectivity index (χ1v) is 4.27. The highest BCUT2D eigenvalue weighted by Gasteiger charge is 1.98. The van der Waals surface area contributed by atoms with Gasteiger partial charge in [-0.15, -0.1) is 5.10 Å². The van der Waals surface area contributed by atoms with Crippen LogP contribution in [0.3, 0.4) is 0 Å². The predicted octanol–water partition coefficient (Wildman–Crippen LogP) is 2.03. The van der Waals surface area contributed by atoms with E-state index in [9.17, 15) is 0 Å². The third kappa shape index (κ3) is 1.75. The number of aromatic nitrogens is 3. The maximum absolute atomic E-state index is 3.92. The van der Waals surface area contributed by atoms with Gasteiger partial charge in [-0.25, -0.2) is 4.68 Å². The Balaban J connectivity index is 2.34. The average molecular weight is 173 g/mol. The maximum atomic E-state index is 3.92. The number of rotatable bonds is 1. The highest BCUT2D eigenvalue weighted by atomic mass is 15.4. The van der Waals surface area contributed by atoms with E-state index in [1.54, 1.807) is 10.9 Å². The lowest BCUT2D eigenvalue weighted by Gasteiger charge is -1.96. The van der Waals surface area contributed by atoms with E-state index in [1.807, 2.05) is 12.3 Å². The molecule has 0 spiro atoms. The predicted molar refractivity (Wildman–Crippen MR) is 51.8 cm³/mol. The van der Waals surface area contributed by atoms with Gasteiger partial charge in [-0.1, -0.05) is 22.9 Å². The average Bonchev–Trinajstić information content (AvgIpc) is 2.56. The minimum atomic E-state index is 1.01. The molecule has 0 unspecified atom stereocenters. The van der Waals surface area contributed by atoms with Crippen LogP contribution in [0.15, 0.2) is 42.3 Å². The van der Waals surface area contributed by atoms with Crippen LogP contribution in [-0.2, 0) is 0 Å². The molecule has 1 aromatic rings. The Morgan fingerprint density at radius 3 is 3.08 bits per heavy atom. The van der Waals surface area contributed by atoms with E-state index in [0.29, 0.717) is 0 Å². The third-order valence-corrected chi connectivity index (χ3v) is 1.95. The lowest BCUT2D eigenvalue weighted by Crippen LogP contribution is -1.94. The van der Waals surface area contributed by atoms with Crippen molar-refractivity contribution in [1.82, 2.24) is 15.0 Å². The topological polar surface area (TPSA) is 30.7 Å². The molecule has 13 heavy (non-hydrogen) atoms. The summed E-state index contributed by atoms with van der Waals surface area (Å²) in [6.45, 7) is 2.12. The number of hydrogen-bond acceptors (Lipinski definition) is 2. The van der Waals surface area contributed by atoms with Crippen LogP contribution in [0.5, 0.6) is 0 Å². The van der Waals surface area contributed by atoms with Gasteiger partial charge < -0.3 is 0 Å². The fraction of sp³-hybridized carbons (Fsp3) is 0.200. The van der Waals surface area contributed by atoms with Crippen LogP contribution in [0, 0.1) is 0 Å². The van der Waals surface area contributed by atoms with Gasteiger partial charge in [0.2, 0.25) is 0 Å². The van der Waals surface area contributed by atoms with Crippen LogP contribution in [0.4, 0.5) is 0 Å². The van der Waals surface area contributed by atoms with Crippen molar-refractivity contribution in [3.8, 4) is 0 Å². The smallest absolute Gasteiger partial charge is 0.0697 e. The second-order valence-corrected chi connectivity index (χ2v) is 3.06. The molecule has 0 N–H and O–H groups in total. The van der Waals surface area contributed by atoms with E-state index >= 15 is 0 Å². The van der Waals surface area contributed by atoms with Crippen molar-refractivity contribution in [2.24, 2.45) is 0 Å². The summed E-state index contributed by atoms with van der Waals surface area (Å²) >= 11 is 0. The number of hydrogen-bond donors (Lipinski definition) is 0. The van der Waals surface area contributed by atoms with E-state index in [2.05, 4.69) is 35.5 Å². The highest BCUT2D eigenvalue weighted by Crippen LogP contribution is 2.12. The Hall–Kier alpha value is -1.64. The fourth-order valence-electron chi connectivity index (χ4n) is 1.22.